The maximum Gasteiger partial charge on any atom is 0.410 e. The summed E-state index contributed by atoms with van der Waals surface area (Å²) < 4.78 is 5.35. The molecule has 1 saturated heterocycles. The minimum Gasteiger partial charge on any atom is -0.445 e. The van der Waals surface area contributed by atoms with Crippen LogP contribution in [0.5, 0.6) is 0 Å². The van der Waals surface area contributed by atoms with E-state index in [2.05, 4.69) is 12.2 Å². The smallest absolute Gasteiger partial charge is 0.410 e. The van der Waals surface area contributed by atoms with E-state index >= 15 is 0 Å². The van der Waals surface area contributed by atoms with Crippen LogP contribution in [-0.4, -0.2) is 36.2 Å². The van der Waals surface area contributed by atoms with E-state index in [1.807, 2.05) is 37.3 Å². The van der Waals surface area contributed by atoms with Gasteiger partial charge in [0.2, 0.25) is 0 Å². The number of carbonyl (C=O) groups excluding carboxylic acids is 1. The minimum atomic E-state index is -0.222. The zero-order chi connectivity index (χ0) is 13.0. The van der Waals surface area contributed by atoms with Crippen LogP contribution in [0.4, 0.5) is 4.79 Å². The molecule has 4 nitrogen and oxygen atoms in total. The number of nitrogens with one attached hydrogen (secondary N) is 1. The second-order valence-corrected chi connectivity index (χ2v) is 4.85. The standard InChI is InChI=1S/C14H20N2O2/c1-11-9-16(12(2)8-15-11)14(17)18-10-13-6-4-3-5-7-13/h3-7,11-12,15H,8-10H2,1-2H3/t11-,12-/m1/s1. The number of hydrogen-bond donors (Lipinski definition) is 1. The van der Waals surface area contributed by atoms with Crippen molar-refractivity contribution in [1.29, 1.82) is 0 Å². The zero-order valence-corrected chi connectivity index (χ0v) is 10.9. The molecule has 2 rings (SSSR count). The van der Waals surface area contributed by atoms with Crippen molar-refractivity contribution >= 4 is 6.09 Å². The molecular formula is C14H20N2O2. The van der Waals surface area contributed by atoms with Crippen molar-refractivity contribution in [2.24, 2.45) is 0 Å². The van der Waals surface area contributed by atoms with Gasteiger partial charge in [0.05, 0.1) is 0 Å². The van der Waals surface area contributed by atoms with Gasteiger partial charge in [0, 0.05) is 25.2 Å². The number of rotatable bonds is 2. The van der Waals surface area contributed by atoms with Crippen molar-refractivity contribution in [3.8, 4) is 0 Å². The fourth-order valence-corrected chi connectivity index (χ4v) is 2.08. The number of hydrogen-bond acceptors (Lipinski definition) is 3. The first-order chi connectivity index (χ1) is 8.66. The van der Waals surface area contributed by atoms with Crippen molar-refractivity contribution in [3.05, 3.63) is 35.9 Å². The average molecular weight is 248 g/mol. The highest BCUT2D eigenvalue weighted by atomic mass is 16.6. The number of benzene rings is 1. The van der Waals surface area contributed by atoms with Crippen molar-refractivity contribution in [2.45, 2.75) is 32.5 Å². The minimum absolute atomic E-state index is 0.185. The number of nitrogens with zero attached hydrogens (tertiary/aromatic N) is 1. The summed E-state index contributed by atoms with van der Waals surface area (Å²) >= 11 is 0. The Balaban J connectivity index is 1.87. The Bertz CT molecular complexity index is 394. The highest BCUT2D eigenvalue weighted by Crippen LogP contribution is 2.10. The SMILES string of the molecule is C[C@@H]1CN(C(=O)OCc2ccccc2)[C@H](C)CN1. The molecule has 1 N–H and O–H groups in total. The molecule has 0 saturated carbocycles. The fourth-order valence-electron chi connectivity index (χ4n) is 2.08. The molecule has 2 atom stereocenters. The van der Waals surface area contributed by atoms with Crippen LogP contribution in [0, 0.1) is 0 Å². The molecule has 0 bridgehead atoms. The fraction of sp³-hybridized carbons (Fsp3) is 0.500. The Morgan fingerprint density at radius 2 is 2.11 bits per heavy atom. The lowest BCUT2D eigenvalue weighted by atomic mass is 10.1. The van der Waals surface area contributed by atoms with E-state index in [1.165, 1.54) is 0 Å². The third kappa shape index (κ3) is 3.23. The largest absolute Gasteiger partial charge is 0.445 e. The maximum absolute atomic E-state index is 12.0. The normalized spacial score (nSPS) is 23.8. The van der Waals surface area contributed by atoms with Gasteiger partial charge in [-0.1, -0.05) is 30.3 Å². The molecule has 1 aliphatic heterocycles. The van der Waals surface area contributed by atoms with Gasteiger partial charge in [-0.2, -0.15) is 0 Å². The molecule has 1 aromatic carbocycles. The van der Waals surface area contributed by atoms with Gasteiger partial charge in [0.25, 0.3) is 0 Å². The Kier molecular flexibility index (Phi) is 4.20. The van der Waals surface area contributed by atoms with Crippen LogP contribution in [0.25, 0.3) is 0 Å². The Hall–Kier alpha value is -1.55. The summed E-state index contributed by atoms with van der Waals surface area (Å²) in [6, 6.07) is 10.3. The van der Waals surface area contributed by atoms with Gasteiger partial charge in [0.1, 0.15) is 6.61 Å². The van der Waals surface area contributed by atoms with Crippen LogP contribution in [0.2, 0.25) is 0 Å². The van der Waals surface area contributed by atoms with Crippen molar-refractivity contribution in [2.75, 3.05) is 13.1 Å². The van der Waals surface area contributed by atoms with Gasteiger partial charge in [-0.15, -0.1) is 0 Å². The second kappa shape index (κ2) is 5.87. The number of piperazine rings is 1. The zero-order valence-electron chi connectivity index (χ0n) is 10.9. The van der Waals surface area contributed by atoms with Crippen LogP contribution in [0.3, 0.4) is 0 Å². The number of carbonyl (C=O) groups is 1. The summed E-state index contributed by atoms with van der Waals surface area (Å²) in [7, 11) is 0. The molecule has 1 aliphatic rings. The molecule has 1 fully saturated rings. The molecule has 0 aliphatic carbocycles. The summed E-state index contributed by atoms with van der Waals surface area (Å²) in [4.78, 5) is 13.8. The van der Waals surface area contributed by atoms with Crippen molar-refractivity contribution in [1.82, 2.24) is 10.2 Å². The topological polar surface area (TPSA) is 41.6 Å². The van der Waals surface area contributed by atoms with E-state index < -0.39 is 0 Å². The van der Waals surface area contributed by atoms with Gasteiger partial charge in [-0.25, -0.2) is 4.79 Å². The first-order valence-electron chi connectivity index (χ1n) is 6.37. The quantitative estimate of drug-likeness (QED) is 0.870. The van der Waals surface area contributed by atoms with Crippen LogP contribution in [0.15, 0.2) is 30.3 Å². The first kappa shape index (κ1) is 12.9. The lowest BCUT2D eigenvalue weighted by Gasteiger charge is -2.36. The van der Waals surface area contributed by atoms with Gasteiger partial charge in [-0.05, 0) is 19.4 Å². The summed E-state index contributed by atoms with van der Waals surface area (Å²) in [5, 5.41) is 3.34. The maximum atomic E-state index is 12.0. The molecule has 1 aromatic rings. The Morgan fingerprint density at radius 3 is 2.83 bits per heavy atom. The molecule has 0 aromatic heterocycles. The number of amides is 1. The molecule has 0 spiro atoms. The van der Waals surface area contributed by atoms with E-state index in [4.69, 9.17) is 4.74 Å². The van der Waals surface area contributed by atoms with E-state index in [9.17, 15) is 4.79 Å². The van der Waals surface area contributed by atoms with Gasteiger partial charge < -0.3 is 15.0 Å². The molecule has 0 radical (unpaired) electrons. The summed E-state index contributed by atoms with van der Waals surface area (Å²) in [5.41, 5.74) is 1.02. The van der Waals surface area contributed by atoms with E-state index in [0.29, 0.717) is 19.2 Å². The second-order valence-electron chi connectivity index (χ2n) is 4.85. The van der Waals surface area contributed by atoms with Crippen molar-refractivity contribution in [3.63, 3.8) is 0 Å². The molecule has 98 valence electrons. The highest BCUT2D eigenvalue weighted by Gasteiger charge is 2.27. The summed E-state index contributed by atoms with van der Waals surface area (Å²) in [6.45, 7) is 5.97. The van der Waals surface area contributed by atoms with Crippen molar-refractivity contribution < 1.29 is 9.53 Å². The third-order valence-electron chi connectivity index (χ3n) is 3.20. The van der Waals surface area contributed by atoms with E-state index in [1.54, 1.807) is 4.90 Å². The summed E-state index contributed by atoms with van der Waals surface area (Å²) in [6.07, 6.45) is -0.222. The first-order valence-corrected chi connectivity index (χ1v) is 6.37. The summed E-state index contributed by atoms with van der Waals surface area (Å²) in [5.74, 6) is 0. The molecule has 4 heteroatoms. The van der Waals surface area contributed by atoms with Crippen LogP contribution in [0.1, 0.15) is 19.4 Å². The van der Waals surface area contributed by atoms with Gasteiger partial charge in [0.15, 0.2) is 0 Å². The van der Waals surface area contributed by atoms with Gasteiger partial charge in [-0.3, -0.25) is 0 Å². The lowest BCUT2D eigenvalue weighted by Crippen LogP contribution is -2.56. The van der Waals surface area contributed by atoms with E-state index in [-0.39, 0.29) is 12.1 Å². The van der Waals surface area contributed by atoms with Crippen LogP contribution < -0.4 is 5.32 Å². The molecule has 0 unspecified atom stereocenters. The predicted octanol–water partition coefficient (Wildman–Crippen LogP) is 2.01. The van der Waals surface area contributed by atoms with Crippen LogP contribution >= 0.6 is 0 Å². The Morgan fingerprint density at radius 1 is 1.39 bits per heavy atom. The molecule has 18 heavy (non-hydrogen) atoms. The predicted molar refractivity (Wildman–Crippen MR) is 70.3 cm³/mol. The number of ether oxygens (including phenoxy) is 1. The monoisotopic (exact) mass is 248 g/mol. The third-order valence-corrected chi connectivity index (χ3v) is 3.20. The van der Waals surface area contributed by atoms with Gasteiger partial charge >= 0.3 is 6.09 Å². The Labute approximate surface area is 108 Å². The molecule has 1 amide bonds. The van der Waals surface area contributed by atoms with E-state index in [0.717, 1.165) is 12.1 Å². The average Bonchev–Trinajstić information content (AvgIpc) is 2.40. The molecule has 1 heterocycles. The van der Waals surface area contributed by atoms with Crippen LogP contribution in [-0.2, 0) is 11.3 Å². The highest BCUT2D eigenvalue weighted by molar-refractivity contribution is 5.68. The lowest BCUT2D eigenvalue weighted by molar-refractivity contribution is 0.0686. The molecular weight excluding hydrogens is 228 g/mol.